The quantitative estimate of drug-likeness (QED) is 0.745. The van der Waals surface area contributed by atoms with Gasteiger partial charge in [-0.1, -0.05) is 42.1 Å². The molecule has 0 saturated carbocycles. The SMILES string of the molecule is N#Cc1c(N)nc(Sc2ccccc2)c(C#N)c1-c1ccc(O)cc1. The molecule has 3 aromatic rings. The molecule has 0 saturated heterocycles. The van der Waals surface area contributed by atoms with Crippen molar-refractivity contribution in [3.05, 3.63) is 65.7 Å². The van der Waals surface area contributed by atoms with Gasteiger partial charge in [-0.2, -0.15) is 10.5 Å². The summed E-state index contributed by atoms with van der Waals surface area (Å²) in [5.74, 6) is 0.171. The van der Waals surface area contributed by atoms with Gasteiger partial charge in [-0.15, -0.1) is 0 Å². The first-order chi connectivity index (χ1) is 12.1. The van der Waals surface area contributed by atoms with Crippen LogP contribution in [0, 0.1) is 22.7 Å². The van der Waals surface area contributed by atoms with E-state index in [0.717, 1.165) is 4.90 Å². The van der Waals surface area contributed by atoms with E-state index in [-0.39, 0.29) is 22.7 Å². The Bertz CT molecular complexity index is 1000. The molecular formula is C19H12N4OS. The second kappa shape index (κ2) is 6.96. The van der Waals surface area contributed by atoms with Gasteiger partial charge in [0, 0.05) is 10.5 Å². The highest BCUT2D eigenvalue weighted by atomic mass is 32.2. The number of rotatable bonds is 3. The third-order valence-electron chi connectivity index (χ3n) is 3.53. The van der Waals surface area contributed by atoms with E-state index in [1.165, 1.54) is 23.9 Å². The number of phenols is 1. The normalized spacial score (nSPS) is 10.0. The largest absolute Gasteiger partial charge is 0.508 e. The monoisotopic (exact) mass is 344 g/mol. The van der Waals surface area contributed by atoms with Crippen LogP contribution in [0.4, 0.5) is 5.82 Å². The molecule has 0 aliphatic heterocycles. The van der Waals surface area contributed by atoms with Crippen LogP contribution in [0.25, 0.3) is 11.1 Å². The van der Waals surface area contributed by atoms with Crippen LogP contribution in [0.1, 0.15) is 11.1 Å². The molecule has 120 valence electrons. The predicted octanol–water partition coefficient (Wildman–Crippen LogP) is 3.93. The van der Waals surface area contributed by atoms with Crippen LogP contribution in [-0.4, -0.2) is 10.1 Å². The molecule has 0 aliphatic rings. The van der Waals surface area contributed by atoms with Crippen molar-refractivity contribution in [2.45, 2.75) is 9.92 Å². The predicted molar refractivity (Wildman–Crippen MR) is 95.7 cm³/mol. The van der Waals surface area contributed by atoms with Gasteiger partial charge in [-0.3, -0.25) is 0 Å². The maximum absolute atomic E-state index is 9.70. The molecule has 1 heterocycles. The molecule has 0 unspecified atom stereocenters. The minimum atomic E-state index is 0.0722. The lowest BCUT2D eigenvalue weighted by molar-refractivity contribution is 0.475. The Hall–Kier alpha value is -3.48. The van der Waals surface area contributed by atoms with Crippen molar-refractivity contribution in [1.29, 1.82) is 10.5 Å². The second-order valence-electron chi connectivity index (χ2n) is 5.11. The topological polar surface area (TPSA) is 107 Å². The van der Waals surface area contributed by atoms with Crippen LogP contribution >= 0.6 is 11.8 Å². The van der Waals surface area contributed by atoms with Gasteiger partial charge in [0.05, 0.1) is 5.56 Å². The van der Waals surface area contributed by atoms with E-state index in [1.807, 2.05) is 36.4 Å². The fraction of sp³-hybridized carbons (Fsp3) is 0. The summed E-state index contributed by atoms with van der Waals surface area (Å²) in [7, 11) is 0. The van der Waals surface area contributed by atoms with Gasteiger partial charge < -0.3 is 10.8 Å². The minimum Gasteiger partial charge on any atom is -0.508 e. The van der Waals surface area contributed by atoms with Crippen molar-refractivity contribution in [2.75, 3.05) is 5.73 Å². The molecule has 1 aromatic heterocycles. The Labute approximate surface area is 149 Å². The van der Waals surface area contributed by atoms with E-state index < -0.39 is 0 Å². The number of hydrogen-bond acceptors (Lipinski definition) is 6. The molecule has 3 N–H and O–H groups in total. The van der Waals surface area contributed by atoms with E-state index >= 15 is 0 Å². The highest BCUT2D eigenvalue weighted by Gasteiger charge is 2.20. The lowest BCUT2D eigenvalue weighted by atomic mass is 9.97. The molecule has 0 fully saturated rings. The summed E-state index contributed by atoms with van der Waals surface area (Å²) < 4.78 is 0. The molecule has 0 aliphatic carbocycles. The summed E-state index contributed by atoms with van der Waals surface area (Å²) in [6, 6.07) is 20.0. The number of nitrogen functional groups attached to an aromatic ring is 1. The number of benzene rings is 2. The van der Waals surface area contributed by atoms with Crippen LogP contribution in [0.3, 0.4) is 0 Å². The highest BCUT2D eigenvalue weighted by Crippen LogP contribution is 2.38. The average Bonchev–Trinajstić information content (AvgIpc) is 2.63. The highest BCUT2D eigenvalue weighted by molar-refractivity contribution is 7.99. The molecular weight excluding hydrogens is 332 g/mol. The Morgan fingerprint density at radius 2 is 1.56 bits per heavy atom. The smallest absolute Gasteiger partial charge is 0.143 e. The van der Waals surface area contributed by atoms with E-state index in [2.05, 4.69) is 11.1 Å². The van der Waals surface area contributed by atoms with Crippen molar-refractivity contribution in [3.8, 4) is 29.0 Å². The molecule has 0 radical (unpaired) electrons. The van der Waals surface area contributed by atoms with Gasteiger partial charge in [0.2, 0.25) is 0 Å². The first-order valence-electron chi connectivity index (χ1n) is 7.30. The molecule has 6 heteroatoms. The van der Waals surface area contributed by atoms with Gasteiger partial charge in [-0.05, 0) is 29.8 Å². The number of anilines is 1. The van der Waals surface area contributed by atoms with Crippen LogP contribution < -0.4 is 5.73 Å². The van der Waals surface area contributed by atoms with Gasteiger partial charge in [-0.25, -0.2) is 4.98 Å². The molecule has 0 atom stereocenters. The zero-order valence-electron chi connectivity index (χ0n) is 13.0. The average molecular weight is 344 g/mol. The summed E-state index contributed by atoms with van der Waals surface area (Å²) in [6.07, 6.45) is 0. The van der Waals surface area contributed by atoms with E-state index in [0.29, 0.717) is 16.2 Å². The van der Waals surface area contributed by atoms with Crippen LogP contribution in [0.5, 0.6) is 5.75 Å². The third kappa shape index (κ3) is 3.25. The summed E-state index contributed by atoms with van der Waals surface area (Å²) in [6.45, 7) is 0. The van der Waals surface area contributed by atoms with Gasteiger partial charge >= 0.3 is 0 Å². The molecule has 0 bridgehead atoms. The molecule has 0 spiro atoms. The lowest BCUT2D eigenvalue weighted by Gasteiger charge is -2.13. The van der Waals surface area contributed by atoms with Crippen molar-refractivity contribution in [1.82, 2.24) is 4.98 Å². The van der Waals surface area contributed by atoms with Crippen molar-refractivity contribution < 1.29 is 5.11 Å². The number of aromatic hydroxyl groups is 1. The van der Waals surface area contributed by atoms with Gasteiger partial charge in [0.25, 0.3) is 0 Å². The first-order valence-corrected chi connectivity index (χ1v) is 8.11. The Morgan fingerprint density at radius 3 is 2.16 bits per heavy atom. The van der Waals surface area contributed by atoms with Crippen molar-refractivity contribution >= 4 is 17.6 Å². The lowest BCUT2D eigenvalue weighted by Crippen LogP contribution is -2.03. The number of nitriles is 2. The van der Waals surface area contributed by atoms with Crippen LogP contribution in [0.2, 0.25) is 0 Å². The maximum Gasteiger partial charge on any atom is 0.143 e. The summed E-state index contributed by atoms with van der Waals surface area (Å²) in [5, 5.41) is 29.1. The second-order valence-corrected chi connectivity index (χ2v) is 6.18. The van der Waals surface area contributed by atoms with Gasteiger partial charge in [0.1, 0.15) is 34.3 Å². The van der Waals surface area contributed by atoms with Crippen LogP contribution in [-0.2, 0) is 0 Å². The van der Waals surface area contributed by atoms with Crippen molar-refractivity contribution in [3.63, 3.8) is 0 Å². The Balaban J connectivity index is 2.24. The molecule has 25 heavy (non-hydrogen) atoms. The number of nitrogens with zero attached hydrogens (tertiary/aromatic N) is 3. The summed E-state index contributed by atoms with van der Waals surface area (Å²) in [5.41, 5.74) is 7.45. The zero-order valence-corrected chi connectivity index (χ0v) is 13.8. The fourth-order valence-electron chi connectivity index (χ4n) is 2.39. The Morgan fingerprint density at radius 1 is 0.920 bits per heavy atom. The first kappa shape index (κ1) is 16.4. The van der Waals surface area contributed by atoms with E-state index in [1.54, 1.807) is 12.1 Å². The molecule has 2 aromatic carbocycles. The molecule has 0 amide bonds. The number of hydrogen-bond donors (Lipinski definition) is 2. The number of pyridine rings is 1. The maximum atomic E-state index is 9.70. The minimum absolute atomic E-state index is 0.0722. The number of nitrogens with two attached hydrogens (primary N) is 1. The number of aromatic nitrogens is 1. The Kier molecular flexibility index (Phi) is 4.56. The molecule has 3 rings (SSSR count). The summed E-state index contributed by atoms with van der Waals surface area (Å²) >= 11 is 1.31. The van der Waals surface area contributed by atoms with Crippen LogP contribution in [0.15, 0.2) is 64.5 Å². The van der Waals surface area contributed by atoms with Crippen molar-refractivity contribution in [2.24, 2.45) is 0 Å². The third-order valence-corrected chi connectivity index (χ3v) is 4.53. The number of phenolic OH excluding ortho intramolecular Hbond substituents is 1. The van der Waals surface area contributed by atoms with Gasteiger partial charge in [0.15, 0.2) is 0 Å². The standard InChI is InChI=1S/C19H12N4OS/c20-10-15-17(12-6-8-13(24)9-7-12)16(11-21)19(23-18(15)22)25-14-4-2-1-3-5-14/h1-9,24H,(H2,22,23). The molecule has 5 nitrogen and oxygen atoms in total. The zero-order chi connectivity index (χ0) is 17.8. The fourth-order valence-corrected chi connectivity index (χ4v) is 3.30. The van der Waals surface area contributed by atoms with E-state index in [9.17, 15) is 15.6 Å². The summed E-state index contributed by atoms with van der Waals surface area (Å²) in [4.78, 5) is 5.17. The van der Waals surface area contributed by atoms with E-state index in [4.69, 9.17) is 5.73 Å².